The molecule has 1 fully saturated rings. The van der Waals surface area contributed by atoms with E-state index in [9.17, 15) is 0 Å². The predicted octanol–water partition coefficient (Wildman–Crippen LogP) is 6.62. The predicted molar refractivity (Wildman–Crippen MR) is 122 cm³/mol. The standard InChI is InChI=1S/C24H31N3OS/c1-24(2,28-3)23-25-21-16-19(26-29-20-12-8-5-9-13-20)14-15-22(21)27(23)17-18-10-6-4-7-11-18/h5,8-9,12-16,18,26H,4,6-7,10-11,17H2,1-3H3. The summed E-state index contributed by atoms with van der Waals surface area (Å²) >= 11 is 1.62. The van der Waals surface area contributed by atoms with Crippen LogP contribution in [0.15, 0.2) is 53.4 Å². The molecule has 0 saturated heterocycles. The number of fused-ring (bicyclic) bond motifs is 1. The first-order chi connectivity index (χ1) is 14.1. The molecule has 154 valence electrons. The molecule has 2 aromatic carbocycles. The second-order valence-corrected chi connectivity index (χ2v) is 9.36. The Hall–Kier alpha value is -1.98. The van der Waals surface area contributed by atoms with E-state index in [0.717, 1.165) is 29.5 Å². The van der Waals surface area contributed by atoms with Gasteiger partial charge >= 0.3 is 0 Å². The molecular weight excluding hydrogens is 378 g/mol. The van der Waals surface area contributed by atoms with Crippen molar-refractivity contribution in [2.45, 2.75) is 63.0 Å². The summed E-state index contributed by atoms with van der Waals surface area (Å²) in [6.07, 6.45) is 6.72. The molecule has 0 bridgehead atoms. The van der Waals surface area contributed by atoms with Crippen molar-refractivity contribution < 1.29 is 4.74 Å². The Morgan fingerprint density at radius 2 is 1.86 bits per heavy atom. The van der Waals surface area contributed by atoms with Gasteiger partial charge in [0.05, 0.1) is 11.0 Å². The fraction of sp³-hybridized carbons (Fsp3) is 0.458. The van der Waals surface area contributed by atoms with Gasteiger partial charge in [0.25, 0.3) is 0 Å². The summed E-state index contributed by atoms with van der Waals surface area (Å²) in [5, 5.41) is 0. The molecule has 0 radical (unpaired) electrons. The molecule has 1 N–H and O–H groups in total. The zero-order valence-electron chi connectivity index (χ0n) is 17.6. The summed E-state index contributed by atoms with van der Waals surface area (Å²) < 4.78 is 11.7. The maximum Gasteiger partial charge on any atom is 0.141 e. The Bertz CT molecular complexity index is 945. The molecule has 1 aliphatic rings. The van der Waals surface area contributed by atoms with Gasteiger partial charge in [-0.3, -0.25) is 0 Å². The van der Waals surface area contributed by atoms with Gasteiger partial charge in [-0.05, 0) is 74.9 Å². The van der Waals surface area contributed by atoms with Crippen LogP contribution in [0.4, 0.5) is 5.69 Å². The molecule has 1 aliphatic carbocycles. The highest BCUT2D eigenvalue weighted by atomic mass is 32.2. The van der Waals surface area contributed by atoms with Crippen LogP contribution >= 0.6 is 11.9 Å². The molecule has 3 aromatic rings. The normalized spacial score (nSPS) is 15.7. The lowest BCUT2D eigenvalue weighted by atomic mass is 9.89. The molecular formula is C24H31N3OS. The lowest BCUT2D eigenvalue weighted by Crippen LogP contribution is -2.27. The van der Waals surface area contributed by atoms with E-state index in [-0.39, 0.29) is 0 Å². The Labute approximate surface area is 178 Å². The molecule has 29 heavy (non-hydrogen) atoms. The molecule has 5 heteroatoms. The fourth-order valence-corrected chi connectivity index (χ4v) is 4.82. The second-order valence-electron chi connectivity index (χ2n) is 8.49. The molecule has 0 atom stereocenters. The Balaban J connectivity index is 1.63. The van der Waals surface area contributed by atoms with Crippen LogP contribution in [-0.4, -0.2) is 16.7 Å². The summed E-state index contributed by atoms with van der Waals surface area (Å²) in [6.45, 7) is 5.25. The van der Waals surface area contributed by atoms with Crippen LogP contribution in [0.3, 0.4) is 0 Å². The lowest BCUT2D eigenvalue weighted by Gasteiger charge is -2.27. The first kappa shape index (κ1) is 20.3. The lowest BCUT2D eigenvalue weighted by molar-refractivity contribution is 0.00818. The number of rotatable bonds is 7. The molecule has 0 amide bonds. The summed E-state index contributed by atoms with van der Waals surface area (Å²) in [5.74, 6) is 1.76. The van der Waals surface area contributed by atoms with Gasteiger partial charge in [-0.15, -0.1) is 0 Å². The first-order valence-electron chi connectivity index (χ1n) is 10.6. The molecule has 4 nitrogen and oxygen atoms in total. The number of nitrogens with zero attached hydrogens (tertiary/aromatic N) is 2. The molecule has 0 unspecified atom stereocenters. The highest BCUT2D eigenvalue weighted by Gasteiger charge is 2.29. The van der Waals surface area contributed by atoms with Crippen molar-refractivity contribution in [3.63, 3.8) is 0 Å². The van der Waals surface area contributed by atoms with E-state index in [1.165, 1.54) is 42.5 Å². The Kier molecular flexibility index (Phi) is 6.16. The highest BCUT2D eigenvalue weighted by molar-refractivity contribution is 8.00. The minimum atomic E-state index is -0.417. The number of ether oxygens (including phenoxy) is 1. The Morgan fingerprint density at radius 1 is 1.10 bits per heavy atom. The van der Waals surface area contributed by atoms with Gasteiger partial charge in [0, 0.05) is 24.2 Å². The van der Waals surface area contributed by atoms with Crippen molar-refractivity contribution in [3.05, 3.63) is 54.4 Å². The Morgan fingerprint density at radius 3 is 2.59 bits per heavy atom. The SMILES string of the molecule is COC(C)(C)c1nc2cc(NSc3ccccc3)ccc2n1CC1CCCCC1. The third kappa shape index (κ3) is 4.62. The summed E-state index contributed by atoms with van der Waals surface area (Å²) in [6, 6.07) is 16.9. The number of benzene rings is 2. The van der Waals surface area contributed by atoms with Crippen molar-refractivity contribution in [2.75, 3.05) is 11.8 Å². The van der Waals surface area contributed by atoms with Crippen molar-refractivity contribution in [2.24, 2.45) is 5.92 Å². The minimum absolute atomic E-state index is 0.417. The van der Waals surface area contributed by atoms with Gasteiger partial charge in [-0.1, -0.05) is 37.5 Å². The van der Waals surface area contributed by atoms with Gasteiger partial charge < -0.3 is 14.0 Å². The summed E-state index contributed by atoms with van der Waals surface area (Å²) in [7, 11) is 1.77. The molecule has 0 spiro atoms. The van der Waals surface area contributed by atoms with E-state index >= 15 is 0 Å². The van der Waals surface area contributed by atoms with E-state index < -0.39 is 5.60 Å². The van der Waals surface area contributed by atoms with Gasteiger partial charge in [0.2, 0.25) is 0 Å². The number of anilines is 1. The quantitative estimate of drug-likeness (QED) is 0.445. The molecule has 1 saturated carbocycles. The third-order valence-electron chi connectivity index (χ3n) is 5.99. The zero-order valence-corrected chi connectivity index (χ0v) is 18.5. The van der Waals surface area contributed by atoms with E-state index in [1.807, 2.05) is 6.07 Å². The molecule has 4 rings (SSSR count). The topological polar surface area (TPSA) is 39.1 Å². The molecule has 1 aromatic heterocycles. The number of hydrogen-bond acceptors (Lipinski definition) is 4. The first-order valence-corrected chi connectivity index (χ1v) is 11.4. The van der Waals surface area contributed by atoms with Crippen molar-refractivity contribution in [3.8, 4) is 0 Å². The highest BCUT2D eigenvalue weighted by Crippen LogP contribution is 2.33. The average molecular weight is 410 g/mol. The van der Waals surface area contributed by atoms with Gasteiger partial charge in [0.1, 0.15) is 11.4 Å². The van der Waals surface area contributed by atoms with Crippen LogP contribution in [0.1, 0.15) is 51.8 Å². The number of imidazole rings is 1. The number of methoxy groups -OCH3 is 1. The largest absolute Gasteiger partial charge is 0.371 e. The summed E-state index contributed by atoms with van der Waals surface area (Å²) in [5.41, 5.74) is 2.88. The molecule has 0 aliphatic heterocycles. The van der Waals surface area contributed by atoms with Crippen LogP contribution in [0.25, 0.3) is 11.0 Å². The number of nitrogens with one attached hydrogen (secondary N) is 1. The van der Waals surface area contributed by atoms with Gasteiger partial charge in [0.15, 0.2) is 0 Å². The smallest absolute Gasteiger partial charge is 0.141 e. The number of aromatic nitrogens is 2. The monoisotopic (exact) mass is 409 g/mol. The van der Waals surface area contributed by atoms with E-state index in [2.05, 4.69) is 65.6 Å². The maximum absolute atomic E-state index is 5.82. The summed E-state index contributed by atoms with van der Waals surface area (Å²) in [4.78, 5) is 6.22. The van der Waals surface area contributed by atoms with E-state index in [1.54, 1.807) is 19.1 Å². The minimum Gasteiger partial charge on any atom is -0.371 e. The van der Waals surface area contributed by atoms with E-state index in [0.29, 0.717) is 0 Å². The van der Waals surface area contributed by atoms with Crippen LogP contribution in [0.5, 0.6) is 0 Å². The number of hydrogen-bond donors (Lipinski definition) is 1. The van der Waals surface area contributed by atoms with Crippen LogP contribution in [-0.2, 0) is 16.9 Å². The average Bonchev–Trinajstić information content (AvgIpc) is 3.12. The second kappa shape index (κ2) is 8.80. The maximum atomic E-state index is 5.82. The molecule has 1 heterocycles. The fourth-order valence-electron chi connectivity index (χ4n) is 4.16. The van der Waals surface area contributed by atoms with Gasteiger partial charge in [-0.2, -0.15) is 0 Å². The van der Waals surface area contributed by atoms with E-state index in [4.69, 9.17) is 9.72 Å². The van der Waals surface area contributed by atoms with Crippen LogP contribution < -0.4 is 4.72 Å². The van der Waals surface area contributed by atoms with Crippen molar-refractivity contribution in [1.82, 2.24) is 9.55 Å². The van der Waals surface area contributed by atoms with Gasteiger partial charge in [-0.25, -0.2) is 4.98 Å². The van der Waals surface area contributed by atoms with Crippen LogP contribution in [0, 0.1) is 5.92 Å². The zero-order chi connectivity index (χ0) is 20.3. The van der Waals surface area contributed by atoms with Crippen LogP contribution in [0.2, 0.25) is 0 Å². The third-order valence-corrected chi connectivity index (χ3v) is 6.84. The van der Waals surface area contributed by atoms with Crippen molar-refractivity contribution >= 4 is 28.7 Å². The van der Waals surface area contributed by atoms with Crippen molar-refractivity contribution in [1.29, 1.82) is 0 Å².